The summed E-state index contributed by atoms with van der Waals surface area (Å²) in [7, 11) is 0. The van der Waals surface area contributed by atoms with Gasteiger partial charge in [-0.1, -0.05) is 26.0 Å². The van der Waals surface area contributed by atoms with Gasteiger partial charge in [0, 0.05) is 25.2 Å². The Balaban J connectivity index is 1.90. The summed E-state index contributed by atoms with van der Waals surface area (Å²) in [6.45, 7) is 9.63. The molecule has 2 aliphatic rings. The zero-order chi connectivity index (χ0) is 11.7. The highest BCUT2D eigenvalue weighted by molar-refractivity contribution is 5.05. The van der Waals surface area contributed by atoms with Gasteiger partial charge in [0.2, 0.25) is 0 Å². The zero-order valence-corrected chi connectivity index (χ0v) is 10.9. The number of hydrogen-bond donors (Lipinski definition) is 1. The van der Waals surface area contributed by atoms with Gasteiger partial charge in [0.05, 0.1) is 0 Å². The van der Waals surface area contributed by atoms with Crippen molar-refractivity contribution in [1.29, 1.82) is 0 Å². The molecule has 1 heterocycles. The first-order chi connectivity index (χ1) is 7.56. The first kappa shape index (κ1) is 12.1. The van der Waals surface area contributed by atoms with E-state index in [0.717, 1.165) is 24.3 Å². The van der Waals surface area contributed by atoms with Gasteiger partial charge in [-0.3, -0.25) is 4.90 Å². The first-order valence-electron chi connectivity index (χ1n) is 6.74. The fourth-order valence-corrected chi connectivity index (χ4v) is 3.32. The third-order valence-corrected chi connectivity index (χ3v) is 4.39. The van der Waals surface area contributed by atoms with Crippen LogP contribution in [0, 0.1) is 17.8 Å². The summed E-state index contributed by atoms with van der Waals surface area (Å²) in [5, 5.41) is 0. The average molecular weight is 222 g/mol. The Morgan fingerprint density at radius 3 is 2.56 bits per heavy atom. The van der Waals surface area contributed by atoms with Crippen molar-refractivity contribution in [2.24, 2.45) is 23.5 Å². The van der Waals surface area contributed by atoms with Gasteiger partial charge in [-0.15, -0.1) is 0 Å². The van der Waals surface area contributed by atoms with Crippen LogP contribution in [0.25, 0.3) is 0 Å². The van der Waals surface area contributed by atoms with Gasteiger partial charge in [0.1, 0.15) is 0 Å². The van der Waals surface area contributed by atoms with Crippen LogP contribution < -0.4 is 5.73 Å². The number of nitrogens with two attached hydrogens (primary N) is 1. The molecule has 1 fully saturated rings. The van der Waals surface area contributed by atoms with Crippen LogP contribution in [0.4, 0.5) is 0 Å². The third kappa shape index (κ3) is 2.67. The molecule has 16 heavy (non-hydrogen) atoms. The fourth-order valence-electron chi connectivity index (χ4n) is 3.32. The molecular weight excluding hydrogens is 196 g/mol. The lowest BCUT2D eigenvalue weighted by molar-refractivity contribution is 0.0700. The third-order valence-electron chi connectivity index (χ3n) is 4.39. The molecule has 0 bridgehead atoms. The van der Waals surface area contributed by atoms with Gasteiger partial charge < -0.3 is 5.73 Å². The van der Waals surface area contributed by atoms with Crippen LogP contribution in [-0.4, -0.2) is 30.1 Å². The topological polar surface area (TPSA) is 29.3 Å². The molecule has 0 radical (unpaired) electrons. The van der Waals surface area contributed by atoms with E-state index in [-0.39, 0.29) is 0 Å². The van der Waals surface area contributed by atoms with Crippen molar-refractivity contribution in [2.45, 2.75) is 45.7 Å². The van der Waals surface area contributed by atoms with Crippen LogP contribution >= 0.6 is 0 Å². The lowest BCUT2D eigenvalue weighted by atomic mass is 9.85. The molecule has 92 valence electrons. The molecule has 1 saturated heterocycles. The van der Waals surface area contributed by atoms with Gasteiger partial charge in [-0.25, -0.2) is 0 Å². The molecule has 0 saturated carbocycles. The minimum atomic E-state index is 0.306. The summed E-state index contributed by atoms with van der Waals surface area (Å²) in [4.78, 5) is 2.67. The summed E-state index contributed by atoms with van der Waals surface area (Å²) in [6.07, 6.45) is 7.02. The Hall–Kier alpha value is -0.340. The molecule has 0 spiro atoms. The maximum absolute atomic E-state index is 5.91. The number of nitrogens with zero attached hydrogens (tertiary/aromatic N) is 1. The van der Waals surface area contributed by atoms with Crippen molar-refractivity contribution in [2.75, 3.05) is 13.1 Å². The highest BCUT2D eigenvalue weighted by Crippen LogP contribution is 2.29. The smallest absolute Gasteiger partial charge is 0.0229 e. The number of piperidine rings is 1. The second-order valence-corrected chi connectivity index (χ2v) is 6.06. The Labute approximate surface area is 99.9 Å². The predicted molar refractivity (Wildman–Crippen MR) is 69.2 cm³/mol. The molecule has 5 atom stereocenters. The van der Waals surface area contributed by atoms with E-state index < -0.39 is 0 Å². The van der Waals surface area contributed by atoms with E-state index in [0.29, 0.717) is 12.0 Å². The van der Waals surface area contributed by atoms with Crippen molar-refractivity contribution < 1.29 is 0 Å². The Morgan fingerprint density at radius 1 is 1.19 bits per heavy atom. The van der Waals surface area contributed by atoms with E-state index in [4.69, 9.17) is 5.73 Å². The summed E-state index contributed by atoms with van der Waals surface area (Å²) < 4.78 is 0. The molecule has 2 rings (SSSR count). The largest absolute Gasteiger partial charge is 0.324 e. The minimum absolute atomic E-state index is 0.306. The van der Waals surface area contributed by atoms with Gasteiger partial charge in [0.25, 0.3) is 0 Å². The van der Waals surface area contributed by atoms with Crippen LogP contribution in [0.3, 0.4) is 0 Å². The maximum Gasteiger partial charge on any atom is 0.0229 e. The summed E-state index contributed by atoms with van der Waals surface area (Å²) >= 11 is 0. The number of hydrogen-bond acceptors (Lipinski definition) is 2. The molecule has 0 aromatic carbocycles. The SMILES string of the molecule is CC1CC(C)C(C)N(CC2C=CC(N)C2)C1. The van der Waals surface area contributed by atoms with Gasteiger partial charge in [0.15, 0.2) is 0 Å². The molecule has 0 amide bonds. The van der Waals surface area contributed by atoms with Crippen LogP contribution in [0.2, 0.25) is 0 Å². The van der Waals surface area contributed by atoms with Crippen molar-refractivity contribution in [1.82, 2.24) is 4.90 Å². The van der Waals surface area contributed by atoms with Crippen LogP contribution in [-0.2, 0) is 0 Å². The molecule has 0 aromatic heterocycles. The second kappa shape index (κ2) is 4.89. The van der Waals surface area contributed by atoms with E-state index in [1.165, 1.54) is 19.5 Å². The molecule has 2 N–H and O–H groups in total. The second-order valence-electron chi connectivity index (χ2n) is 6.06. The van der Waals surface area contributed by atoms with Crippen LogP contribution in [0.1, 0.15) is 33.6 Å². The van der Waals surface area contributed by atoms with E-state index in [1.807, 2.05) is 0 Å². The monoisotopic (exact) mass is 222 g/mol. The molecular formula is C14H26N2. The fraction of sp³-hybridized carbons (Fsp3) is 0.857. The molecule has 1 aliphatic carbocycles. The number of rotatable bonds is 2. The summed E-state index contributed by atoms with van der Waals surface area (Å²) in [5.74, 6) is 2.38. The highest BCUT2D eigenvalue weighted by atomic mass is 15.2. The maximum atomic E-state index is 5.91. The quantitative estimate of drug-likeness (QED) is 0.726. The Bertz CT molecular complexity index is 261. The minimum Gasteiger partial charge on any atom is -0.324 e. The van der Waals surface area contributed by atoms with Gasteiger partial charge in [-0.05, 0) is 37.5 Å². The Kier molecular flexibility index (Phi) is 3.70. The number of likely N-dealkylation sites (tertiary alicyclic amines) is 1. The van der Waals surface area contributed by atoms with E-state index in [1.54, 1.807) is 0 Å². The standard InChI is InChI=1S/C14H26N2/c1-10-6-11(2)12(3)16(8-10)9-13-4-5-14(15)7-13/h4-5,10-14H,6-9,15H2,1-3H3. The van der Waals surface area contributed by atoms with E-state index in [9.17, 15) is 0 Å². The first-order valence-corrected chi connectivity index (χ1v) is 6.74. The van der Waals surface area contributed by atoms with Gasteiger partial charge in [-0.2, -0.15) is 0 Å². The average Bonchev–Trinajstić information content (AvgIpc) is 2.60. The van der Waals surface area contributed by atoms with Crippen LogP contribution in [0.5, 0.6) is 0 Å². The summed E-state index contributed by atoms with van der Waals surface area (Å²) in [6, 6.07) is 1.04. The van der Waals surface area contributed by atoms with Crippen molar-refractivity contribution in [3.8, 4) is 0 Å². The molecule has 1 aliphatic heterocycles. The normalized spacial score (nSPS) is 45.1. The van der Waals surface area contributed by atoms with Crippen molar-refractivity contribution >= 4 is 0 Å². The lowest BCUT2D eigenvalue weighted by Crippen LogP contribution is -2.47. The molecule has 2 nitrogen and oxygen atoms in total. The van der Waals surface area contributed by atoms with E-state index >= 15 is 0 Å². The zero-order valence-electron chi connectivity index (χ0n) is 10.9. The van der Waals surface area contributed by atoms with Crippen molar-refractivity contribution in [3.63, 3.8) is 0 Å². The molecule has 0 aromatic rings. The van der Waals surface area contributed by atoms with E-state index in [2.05, 4.69) is 37.8 Å². The van der Waals surface area contributed by atoms with Crippen LogP contribution in [0.15, 0.2) is 12.2 Å². The predicted octanol–water partition coefficient (Wildman–Crippen LogP) is 2.26. The van der Waals surface area contributed by atoms with Gasteiger partial charge >= 0.3 is 0 Å². The Morgan fingerprint density at radius 2 is 1.94 bits per heavy atom. The molecule has 5 unspecified atom stereocenters. The lowest BCUT2D eigenvalue weighted by Gasteiger charge is -2.42. The highest BCUT2D eigenvalue weighted by Gasteiger charge is 2.30. The molecule has 2 heteroatoms. The van der Waals surface area contributed by atoms with Crippen molar-refractivity contribution in [3.05, 3.63) is 12.2 Å². The summed E-state index contributed by atoms with van der Waals surface area (Å²) in [5.41, 5.74) is 5.91.